The molecule has 1 aliphatic rings. The van der Waals surface area contributed by atoms with Gasteiger partial charge in [-0.1, -0.05) is 26.0 Å². The van der Waals surface area contributed by atoms with Crippen molar-refractivity contribution in [3.05, 3.63) is 41.2 Å². The van der Waals surface area contributed by atoms with E-state index in [4.69, 9.17) is 5.11 Å². The predicted octanol–water partition coefficient (Wildman–Crippen LogP) is 3.12. The second-order valence-electron chi connectivity index (χ2n) is 7.05. The Morgan fingerprint density at radius 2 is 1.95 bits per heavy atom. The van der Waals surface area contributed by atoms with Crippen LogP contribution >= 0.6 is 0 Å². The Labute approximate surface area is 130 Å². The molecule has 1 atom stereocenters. The third kappa shape index (κ3) is 2.63. The summed E-state index contributed by atoms with van der Waals surface area (Å²) in [5.74, 6) is -0.292. The summed E-state index contributed by atoms with van der Waals surface area (Å²) in [4.78, 5) is 10.9. The van der Waals surface area contributed by atoms with Gasteiger partial charge < -0.3 is 5.11 Å². The normalized spacial score (nSPS) is 18.0. The van der Waals surface area contributed by atoms with Gasteiger partial charge in [0.2, 0.25) is 0 Å². The topological polar surface area (TPSA) is 68.0 Å². The standard InChI is InChI=1S/C17H21N3O2/c1-17(2,3)12-6-9-15-14(10-12)18-19-20(15)13-7-4-11(5-8-13)16(21)22/h4-5,7-8,12H,6,9-10H2,1-3H3,(H,21,22). The molecule has 0 bridgehead atoms. The summed E-state index contributed by atoms with van der Waals surface area (Å²) in [6.07, 6.45) is 3.06. The molecule has 3 rings (SSSR count). The SMILES string of the molecule is CC(C)(C)C1CCc2c(nnn2-c2ccc(C(=O)O)cc2)C1. The average Bonchev–Trinajstić information content (AvgIpc) is 2.89. The third-order valence-electron chi connectivity index (χ3n) is 4.60. The molecule has 1 unspecified atom stereocenters. The number of carboxylic acids is 1. The lowest BCUT2D eigenvalue weighted by Gasteiger charge is -2.33. The number of carbonyl (C=O) groups is 1. The number of carboxylic acid groups (broad SMARTS) is 1. The minimum atomic E-state index is -0.916. The molecule has 1 N–H and O–H groups in total. The Bertz CT molecular complexity index is 696. The highest BCUT2D eigenvalue weighted by atomic mass is 16.4. The lowest BCUT2D eigenvalue weighted by atomic mass is 9.73. The first-order valence-electron chi connectivity index (χ1n) is 7.63. The van der Waals surface area contributed by atoms with Crippen LogP contribution in [0.1, 0.15) is 48.9 Å². The summed E-state index contributed by atoms with van der Waals surface area (Å²) in [6.45, 7) is 6.83. The summed E-state index contributed by atoms with van der Waals surface area (Å²) in [5.41, 5.74) is 3.67. The molecular formula is C17H21N3O2. The van der Waals surface area contributed by atoms with Crippen LogP contribution in [0, 0.1) is 11.3 Å². The first-order valence-corrected chi connectivity index (χ1v) is 7.63. The molecule has 0 saturated carbocycles. The van der Waals surface area contributed by atoms with Crippen LogP contribution in [0.4, 0.5) is 0 Å². The van der Waals surface area contributed by atoms with Gasteiger partial charge in [-0.05, 0) is 54.9 Å². The van der Waals surface area contributed by atoms with E-state index in [0.29, 0.717) is 5.92 Å². The molecule has 0 radical (unpaired) electrons. The van der Waals surface area contributed by atoms with E-state index in [2.05, 4.69) is 31.1 Å². The number of aromatic carboxylic acids is 1. The molecule has 1 heterocycles. The van der Waals surface area contributed by atoms with Crippen molar-refractivity contribution in [2.75, 3.05) is 0 Å². The molecule has 0 spiro atoms. The van der Waals surface area contributed by atoms with Crippen molar-refractivity contribution in [1.82, 2.24) is 15.0 Å². The number of hydrogen-bond donors (Lipinski definition) is 1. The van der Waals surface area contributed by atoms with Gasteiger partial charge in [-0.3, -0.25) is 0 Å². The zero-order chi connectivity index (χ0) is 15.9. The molecule has 0 aliphatic heterocycles. The fourth-order valence-corrected chi connectivity index (χ4v) is 3.08. The monoisotopic (exact) mass is 299 g/mol. The predicted molar refractivity (Wildman–Crippen MR) is 83.3 cm³/mol. The summed E-state index contributed by atoms with van der Waals surface area (Å²) in [6, 6.07) is 6.78. The summed E-state index contributed by atoms with van der Waals surface area (Å²) >= 11 is 0. The lowest BCUT2D eigenvalue weighted by molar-refractivity contribution is 0.0697. The van der Waals surface area contributed by atoms with Crippen LogP contribution in [0.5, 0.6) is 0 Å². The maximum atomic E-state index is 10.9. The van der Waals surface area contributed by atoms with Crippen LogP contribution < -0.4 is 0 Å². The zero-order valence-corrected chi connectivity index (χ0v) is 13.2. The highest BCUT2D eigenvalue weighted by Crippen LogP contribution is 2.36. The van der Waals surface area contributed by atoms with Gasteiger partial charge in [0.05, 0.1) is 22.6 Å². The molecule has 116 valence electrons. The van der Waals surface area contributed by atoms with Gasteiger partial charge in [0, 0.05) is 0 Å². The lowest BCUT2D eigenvalue weighted by Crippen LogP contribution is -2.27. The summed E-state index contributed by atoms with van der Waals surface area (Å²) in [7, 11) is 0. The molecule has 22 heavy (non-hydrogen) atoms. The van der Waals surface area contributed by atoms with Crippen molar-refractivity contribution in [1.29, 1.82) is 0 Å². The Kier molecular flexibility index (Phi) is 3.51. The fraction of sp³-hybridized carbons (Fsp3) is 0.471. The van der Waals surface area contributed by atoms with Crippen LogP contribution in [-0.2, 0) is 12.8 Å². The van der Waals surface area contributed by atoms with Crippen LogP contribution in [0.15, 0.2) is 24.3 Å². The molecule has 0 saturated heterocycles. The second kappa shape index (κ2) is 5.23. The van der Waals surface area contributed by atoms with E-state index in [0.717, 1.165) is 36.3 Å². The minimum absolute atomic E-state index is 0.282. The minimum Gasteiger partial charge on any atom is -0.478 e. The number of rotatable bonds is 2. The van der Waals surface area contributed by atoms with Crippen molar-refractivity contribution in [3.8, 4) is 5.69 Å². The molecule has 1 aliphatic carbocycles. The summed E-state index contributed by atoms with van der Waals surface area (Å²) in [5, 5.41) is 17.6. The zero-order valence-electron chi connectivity index (χ0n) is 13.2. The average molecular weight is 299 g/mol. The van der Waals surface area contributed by atoms with E-state index in [1.807, 2.05) is 4.68 Å². The molecule has 5 heteroatoms. The van der Waals surface area contributed by atoms with Gasteiger partial charge in [0.25, 0.3) is 0 Å². The van der Waals surface area contributed by atoms with Gasteiger partial charge in [-0.2, -0.15) is 0 Å². The maximum absolute atomic E-state index is 10.9. The van der Waals surface area contributed by atoms with E-state index in [-0.39, 0.29) is 11.0 Å². The first kappa shape index (κ1) is 14.8. The van der Waals surface area contributed by atoms with E-state index in [9.17, 15) is 4.79 Å². The first-order chi connectivity index (χ1) is 10.4. The number of hydrogen-bond acceptors (Lipinski definition) is 3. The molecule has 5 nitrogen and oxygen atoms in total. The van der Waals surface area contributed by atoms with Crippen molar-refractivity contribution >= 4 is 5.97 Å². The van der Waals surface area contributed by atoms with Gasteiger partial charge in [0.15, 0.2) is 0 Å². The molecule has 0 amide bonds. The molecule has 0 fully saturated rings. The van der Waals surface area contributed by atoms with Gasteiger partial charge in [-0.25, -0.2) is 9.48 Å². The van der Waals surface area contributed by atoms with Crippen LogP contribution in [0.2, 0.25) is 0 Å². The van der Waals surface area contributed by atoms with Gasteiger partial charge in [0.1, 0.15) is 0 Å². The Morgan fingerprint density at radius 1 is 1.27 bits per heavy atom. The Morgan fingerprint density at radius 3 is 2.55 bits per heavy atom. The Balaban J connectivity index is 1.89. The number of benzene rings is 1. The van der Waals surface area contributed by atoms with Crippen molar-refractivity contribution in [2.45, 2.75) is 40.0 Å². The summed E-state index contributed by atoms with van der Waals surface area (Å²) < 4.78 is 1.85. The van der Waals surface area contributed by atoms with Crippen molar-refractivity contribution in [3.63, 3.8) is 0 Å². The molecular weight excluding hydrogens is 278 g/mol. The Hall–Kier alpha value is -2.17. The highest BCUT2D eigenvalue weighted by Gasteiger charge is 2.31. The third-order valence-corrected chi connectivity index (χ3v) is 4.60. The number of nitrogens with zero attached hydrogens (tertiary/aromatic N) is 3. The van der Waals surface area contributed by atoms with Crippen LogP contribution in [0.25, 0.3) is 5.69 Å². The van der Waals surface area contributed by atoms with E-state index < -0.39 is 5.97 Å². The number of aromatic nitrogens is 3. The van der Waals surface area contributed by atoms with Crippen LogP contribution in [-0.4, -0.2) is 26.1 Å². The molecule has 1 aromatic heterocycles. The highest BCUT2D eigenvalue weighted by molar-refractivity contribution is 5.87. The van der Waals surface area contributed by atoms with E-state index in [1.54, 1.807) is 24.3 Å². The quantitative estimate of drug-likeness (QED) is 0.925. The smallest absolute Gasteiger partial charge is 0.335 e. The largest absolute Gasteiger partial charge is 0.478 e. The van der Waals surface area contributed by atoms with Gasteiger partial charge >= 0.3 is 5.97 Å². The van der Waals surface area contributed by atoms with Crippen LogP contribution in [0.3, 0.4) is 0 Å². The van der Waals surface area contributed by atoms with E-state index >= 15 is 0 Å². The fourth-order valence-electron chi connectivity index (χ4n) is 3.08. The molecule has 2 aromatic rings. The van der Waals surface area contributed by atoms with Gasteiger partial charge in [-0.15, -0.1) is 5.10 Å². The molecule has 1 aromatic carbocycles. The second-order valence-corrected chi connectivity index (χ2v) is 7.05. The van der Waals surface area contributed by atoms with Crippen molar-refractivity contribution in [2.24, 2.45) is 11.3 Å². The van der Waals surface area contributed by atoms with Crippen molar-refractivity contribution < 1.29 is 9.90 Å². The van der Waals surface area contributed by atoms with E-state index in [1.165, 1.54) is 0 Å². The maximum Gasteiger partial charge on any atom is 0.335 e. The number of fused-ring (bicyclic) bond motifs is 1.